The first kappa shape index (κ1) is 44.7. The number of anilines is 2. The van der Waals surface area contributed by atoms with Gasteiger partial charge in [0.2, 0.25) is 5.88 Å². The van der Waals surface area contributed by atoms with Crippen molar-refractivity contribution in [1.29, 1.82) is 0 Å². The molecule has 2 aromatic heterocycles. The molecule has 0 spiro atoms. The van der Waals surface area contributed by atoms with Crippen LogP contribution < -0.4 is 28.7 Å². The third-order valence-electron chi connectivity index (χ3n) is 14.4. The number of aromatic nitrogens is 3. The second-order valence-corrected chi connectivity index (χ2v) is 19.4. The monoisotopic (exact) mass is 929 g/mol. The molecule has 5 aliphatic rings. The molecule has 354 valence electrons. The van der Waals surface area contributed by atoms with Crippen LogP contribution >= 0.6 is 0 Å². The molecule has 0 radical (unpaired) electrons. The van der Waals surface area contributed by atoms with Crippen LogP contribution in [0.4, 0.5) is 38.3 Å². The number of methoxy groups -OCH3 is 2. The number of alkyl halides is 3. The van der Waals surface area contributed by atoms with Gasteiger partial charge < -0.3 is 33.9 Å². The predicted octanol–water partition coefficient (Wildman–Crippen LogP) is 9.25. The van der Waals surface area contributed by atoms with E-state index in [-0.39, 0.29) is 71.5 Å². The third kappa shape index (κ3) is 8.03. The molecular formula is C49H52F5N7O6. The smallest absolute Gasteiger partial charge is 0.417 e. The molecule has 4 fully saturated rings. The molecule has 10 rings (SSSR count). The highest BCUT2D eigenvalue weighted by Crippen LogP contribution is 2.52. The first-order valence-corrected chi connectivity index (χ1v) is 22.5. The minimum absolute atomic E-state index is 0.0198. The van der Waals surface area contributed by atoms with Crippen LogP contribution in [0.15, 0.2) is 54.6 Å². The molecule has 1 N–H and O–H groups in total. The summed E-state index contributed by atoms with van der Waals surface area (Å²) in [6, 6.07) is 13.2. The number of pyridine rings is 1. The minimum Gasteiger partial charge on any atom is -0.497 e. The SMILES string of the molecule is COc1ccc(CN(Cc2ccc(OC)cc2)c2cc(-c3nc4c5c(nc(OCC6(CN7CC7(C)C)CC6)nc5c3F)N3C[C@H]5CC[C@@H]([C@H]3[C@H](C)O4)N5C(=O)O)c(C(F)(F)F)c(C)c2F)cc1. The number of nitrogens with zero attached hydrogens (tertiary/aromatic N) is 7. The van der Waals surface area contributed by atoms with Crippen LogP contribution in [-0.4, -0.2) is 106 Å². The maximum Gasteiger partial charge on any atom is 0.417 e. The maximum absolute atomic E-state index is 17.9. The van der Waals surface area contributed by atoms with E-state index in [4.69, 9.17) is 23.9 Å². The molecule has 6 heterocycles. The lowest BCUT2D eigenvalue weighted by molar-refractivity contribution is -0.137. The van der Waals surface area contributed by atoms with Crippen molar-refractivity contribution in [1.82, 2.24) is 24.8 Å². The molecule has 18 heteroatoms. The molecule has 5 aromatic rings. The second-order valence-electron chi connectivity index (χ2n) is 19.4. The average Bonchev–Trinajstić information content (AvgIpc) is 4.17. The predicted molar refractivity (Wildman–Crippen MR) is 239 cm³/mol. The lowest BCUT2D eigenvalue weighted by atomic mass is 9.95. The summed E-state index contributed by atoms with van der Waals surface area (Å²) in [5, 5.41) is 10.3. The van der Waals surface area contributed by atoms with Gasteiger partial charge in [0.1, 0.15) is 45.8 Å². The Labute approximate surface area is 384 Å². The van der Waals surface area contributed by atoms with Crippen molar-refractivity contribution in [2.24, 2.45) is 5.41 Å². The normalized spacial score (nSPS) is 23.0. The van der Waals surface area contributed by atoms with E-state index in [1.807, 2.05) is 4.90 Å². The van der Waals surface area contributed by atoms with Crippen LogP contribution in [0.5, 0.6) is 23.4 Å². The first-order chi connectivity index (χ1) is 31.9. The quantitative estimate of drug-likeness (QED) is 0.0894. The van der Waals surface area contributed by atoms with Crippen molar-refractivity contribution < 1.29 is 50.8 Å². The number of piperazine rings is 1. The molecule has 4 aliphatic heterocycles. The molecule has 13 nitrogen and oxygen atoms in total. The number of hydrogen-bond acceptors (Lipinski definition) is 11. The van der Waals surface area contributed by atoms with E-state index in [9.17, 15) is 9.90 Å². The van der Waals surface area contributed by atoms with Gasteiger partial charge in [-0.2, -0.15) is 23.1 Å². The average molecular weight is 930 g/mol. The van der Waals surface area contributed by atoms with Crippen LogP contribution in [0.3, 0.4) is 0 Å². The largest absolute Gasteiger partial charge is 0.497 e. The number of rotatable bonds is 13. The number of fused-ring (bicyclic) bond motifs is 5. The van der Waals surface area contributed by atoms with Crippen molar-refractivity contribution in [2.75, 3.05) is 50.3 Å². The molecule has 1 amide bonds. The number of hydrogen-bond donors (Lipinski definition) is 1. The first-order valence-electron chi connectivity index (χ1n) is 22.5. The summed E-state index contributed by atoms with van der Waals surface area (Å²) in [5.74, 6) is -1.24. The zero-order valence-electron chi connectivity index (χ0n) is 38.1. The molecular weight excluding hydrogens is 878 g/mol. The number of amides is 1. The summed E-state index contributed by atoms with van der Waals surface area (Å²) < 4.78 is 105. The topological polar surface area (TPSA) is 126 Å². The molecule has 3 saturated heterocycles. The summed E-state index contributed by atoms with van der Waals surface area (Å²) in [7, 11) is 3.04. The van der Waals surface area contributed by atoms with Gasteiger partial charge in [0, 0.05) is 49.2 Å². The molecule has 3 aromatic carbocycles. The van der Waals surface area contributed by atoms with Crippen molar-refractivity contribution in [2.45, 2.75) is 102 Å². The fourth-order valence-electron chi connectivity index (χ4n) is 10.5. The molecule has 2 bridgehead atoms. The summed E-state index contributed by atoms with van der Waals surface area (Å²) in [6.45, 7) is 9.33. The number of carboxylic acid groups (broad SMARTS) is 1. The number of ether oxygens (including phenoxy) is 4. The van der Waals surface area contributed by atoms with Gasteiger partial charge in [0.05, 0.1) is 50.2 Å². The highest BCUT2D eigenvalue weighted by molar-refractivity contribution is 5.98. The van der Waals surface area contributed by atoms with Gasteiger partial charge in [0.15, 0.2) is 5.82 Å². The summed E-state index contributed by atoms with van der Waals surface area (Å²) in [5.41, 5.74) is -2.96. The fourth-order valence-corrected chi connectivity index (χ4v) is 10.5. The Kier molecular flexibility index (Phi) is 10.8. The molecule has 5 atom stereocenters. The Bertz CT molecular complexity index is 2700. The van der Waals surface area contributed by atoms with E-state index < -0.39 is 70.5 Å². The zero-order valence-corrected chi connectivity index (χ0v) is 38.1. The fraction of sp³-hybridized carbons (Fsp3) is 0.469. The highest BCUT2D eigenvalue weighted by atomic mass is 19.4. The van der Waals surface area contributed by atoms with Crippen molar-refractivity contribution in [3.05, 3.63) is 88.5 Å². The minimum atomic E-state index is -5.17. The molecule has 1 unspecified atom stereocenters. The Morgan fingerprint density at radius 2 is 1.57 bits per heavy atom. The van der Waals surface area contributed by atoms with Gasteiger partial charge in [-0.05, 0) is 100 Å². The van der Waals surface area contributed by atoms with Crippen LogP contribution in [0.25, 0.3) is 22.2 Å². The van der Waals surface area contributed by atoms with Gasteiger partial charge in [-0.15, -0.1) is 0 Å². The van der Waals surface area contributed by atoms with E-state index in [2.05, 4.69) is 28.7 Å². The number of carbonyl (C=O) groups is 1. The van der Waals surface area contributed by atoms with Gasteiger partial charge in [-0.25, -0.2) is 18.6 Å². The summed E-state index contributed by atoms with van der Waals surface area (Å²) >= 11 is 0. The van der Waals surface area contributed by atoms with Gasteiger partial charge in [-0.1, -0.05) is 24.3 Å². The Morgan fingerprint density at radius 3 is 2.12 bits per heavy atom. The lowest BCUT2D eigenvalue weighted by Gasteiger charge is -2.47. The lowest BCUT2D eigenvalue weighted by Crippen LogP contribution is -2.64. The standard InChI is InChI=1S/C49H52F5N7O6/c1-26-37(49(52,53)54)33(19-35(38(26)50)58(20-28-7-12-31(64-5)13-8-28)21-29-9-14-32(65-6)15-10-29)40-39(51)41-36-43(57-45(56-41)66-25-48(17-18-48)24-59-23-47(59,3)4)60-22-30-11-16-34(61(30)46(62)63)42(60)27(2)67-44(36)55-40/h7-10,12-15,19,27,30,34,42H,11,16-18,20-25H2,1-6H3,(H,62,63)/t27-,30+,34-,42+,59?/m0/s1. The van der Waals surface area contributed by atoms with E-state index in [1.54, 1.807) is 60.4 Å². The van der Waals surface area contributed by atoms with E-state index in [0.717, 1.165) is 38.9 Å². The Balaban J connectivity index is 1.14. The Hall–Kier alpha value is -6.17. The van der Waals surface area contributed by atoms with Gasteiger partial charge in [-0.3, -0.25) is 9.80 Å². The third-order valence-corrected chi connectivity index (χ3v) is 14.4. The van der Waals surface area contributed by atoms with Crippen molar-refractivity contribution in [3.8, 4) is 34.6 Å². The van der Waals surface area contributed by atoms with Crippen LogP contribution in [0, 0.1) is 24.0 Å². The maximum atomic E-state index is 17.9. The van der Waals surface area contributed by atoms with E-state index in [0.29, 0.717) is 35.5 Å². The van der Waals surface area contributed by atoms with E-state index >= 15 is 22.0 Å². The highest BCUT2D eigenvalue weighted by Gasteiger charge is 2.55. The van der Waals surface area contributed by atoms with Crippen molar-refractivity contribution >= 4 is 28.5 Å². The van der Waals surface area contributed by atoms with Crippen LogP contribution in [0.1, 0.15) is 68.7 Å². The summed E-state index contributed by atoms with van der Waals surface area (Å²) in [6.07, 6.45) is -4.13. The van der Waals surface area contributed by atoms with E-state index in [1.165, 1.54) is 19.1 Å². The summed E-state index contributed by atoms with van der Waals surface area (Å²) in [4.78, 5) is 33.9. The zero-order chi connectivity index (χ0) is 47.3. The number of benzene rings is 3. The molecule has 1 aliphatic carbocycles. The van der Waals surface area contributed by atoms with Crippen molar-refractivity contribution in [3.63, 3.8) is 0 Å². The van der Waals surface area contributed by atoms with Gasteiger partial charge >= 0.3 is 18.3 Å². The van der Waals surface area contributed by atoms with Crippen LogP contribution in [0.2, 0.25) is 0 Å². The molecule has 1 saturated carbocycles. The van der Waals surface area contributed by atoms with Gasteiger partial charge in [0.25, 0.3) is 0 Å². The van der Waals surface area contributed by atoms with Crippen LogP contribution in [-0.2, 0) is 19.3 Å². The Morgan fingerprint density at radius 1 is 0.940 bits per heavy atom. The second kappa shape index (κ2) is 16.3. The molecule has 67 heavy (non-hydrogen) atoms. The number of halogens is 5.